The SMILES string of the molecule is Cc1cc(C)cc(C(=O)N(C)[C@@H](Cc2ccc(-n3cncn3)cc2)C(=O)O)c1. The summed E-state index contributed by atoms with van der Waals surface area (Å²) < 4.78 is 1.62. The highest BCUT2D eigenvalue weighted by Gasteiger charge is 2.27. The number of aryl methyl sites for hydroxylation is 2. The third kappa shape index (κ3) is 4.25. The van der Waals surface area contributed by atoms with Crippen molar-refractivity contribution in [2.24, 2.45) is 0 Å². The van der Waals surface area contributed by atoms with Gasteiger partial charge in [-0.25, -0.2) is 14.5 Å². The van der Waals surface area contributed by atoms with Crippen LogP contribution >= 0.6 is 0 Å². The summed E-state index contributed by atoms with van der Waals surface area (Å²) in [7, 11) is 1.53. The largest absolute Gasteiger partial charge is 0.480 e. The van der Waals surface area contributed by atoms with E-state index in [2.05, 4.69) is 10.1 Å². The zero-order valence-corrected chi connectivity index (χ0v) is 16.0. The Labute approximate surface area is 163 Å². The van der Waals surface area contributed by atoms with Crippen LogP contribution in [0.25, 0.3) is 5.69 Å². The molecule has 0 bridgehead atoms. The average molecular weight is 378 g/mol. The Bertz CT molecular complexity index is 961. The van der Waals surface area contributed by atoms with Crippen LogP contribution in [-0.4, -0.2) is 49.7 Å². The van der Waals surface area contributed by atoms with Gasteiger partial charge in [0.15, 0.2) is 0 Å². The Balaban J connectivity index is 1.79. The zero-order valence-electron chi connectivity index (χ0n) is 16.0. The number of rotatable bonds is 6. The van der Waals surface area contributed by atoms with E-state index in [1.165, 1.54) is 18.3 Å². The molecule has 0 fully saturated rings. The van der Waals surface area contributed by atoms with Crippen LogP contribution in [-0.2, 0) is 11.2 Å². The molecule has 28 heavy (non-hydrogen) atoms. The molecule has 1 N–H and O–H groups in total. The molecule has 7 nitrogen and oxygen atoms in total. The van der Waals surface area contributed by atoms with Gasteiger partial charge in [0, 0.05) is 19.0 Å². The number of benzene rings is 2. The molecule has 0 unspecified atom stereocenters. The number of aromatic nitrogens is 3. The fraction of sp³-hybridized carbons (Fsp3) is 0.238. The molecular weight excluding hydrogens is 356 g/mol. The first-order valence-electron chi connectivity index (χ1n) is 8.87. The fourth-order valence-corrected chi connectivity index (χ4v) is 3.18. The normalized spacial score (nSPS) is 11.8. The summed E-state index contributed by atoms with van der Waals surface area (Å²) in [6.07, 6.45) is 3.24. The molecule has 0 spiro atoms. The maximum Gasteiger partial charge on any atom is 0.326 e. The first kappa shape index (κ1) is 19.3. The number of nitrogens with zero attached hydrogens (tertiary/aromatic N) is 4. The lowest BCUT2D eigenvalue weighted by Gasteiger charge is -2.25. The van der Waals surface area contributed by atoms with E-state index >= 15 is 0 Å². The highest BCUT2D eigenvalue weighted by molar-refractivity contribution is 5.96. The number of carbonyl (C=O) groups excluding carboxylic acids is 1. The lowest BCUT2D eigenvalue weighted by molar-refractivity contribution is -0.141. The van der Waals surface area contributed by atoms with E-state index in [1.54, 1.807) is 23.1 Å². The minimum absolute atomic E-state index is 0.208. The van der Waals surface area contributed by atoms with Crippen molar-refractivity contribution in [2.75, 3.05) is 7.05 Å². The quantitative estimate of drug-likeness (QED) is 0.712. The Morgan fingerprint density at radius 3 is 2.29 bits per heavy atom. The average Bonchev–Trinajstić information content (AvgIpc) is 3.19. The molecule has 144 valence electrons. The standard InChI is InChI=1S/C21H22N4O3/c1-14-8-15(2)10-17(9-14)20(26)24(3)19(21(27)28)11-16-4-6-18(7-5-16)25-13-22-12-23-25/h4-10,12-13,19H,11H2,1-3H3,(H,27,28)/t19-/m0/s1. The monoisotopic (exact) mass is 378 g/mol. The van der Waals surface area contributed by atoms with Crippen molar-refractivity contribution < 1.29 is 14.7 Å². The highest BCUT2D eigenvalue weighted by Crippen LogP contribution is 2.16. The van der Waals surface area contributed by atoms with E-state index in [-0.39, 0.29) is 12.3 Å². The van der Waals surface area contributed by atoms with Crippen molar-refractivity contribution in [3.63, 3.8) is 0 Å². The molecule has 2 aromatic carbocycles. The molecule has 7 heteroatoms. The van der Waals surface area contributed by atoms with Crippen molar-refractivity contribution in [3.8, 4) is 5.69 Å². The molecule has 1 aromatic heterocycles. The zero-order chi connectivity index (χ0) is 20.3. The molecule has 3 aromatic rings. The second kappa shape index (κ2) is 8.04. The minimum atomic E-state index is -1.04. The van der Waals surface area contributed by atoms with Crippen LogP contribution in [0.2, 0.25) is 0 Å². The van der Waals surface area contributed by atoms with Crippen LogP contribution in [0.15, 0.2) is 55.1 Å². The number of hydrogen-bond donors (Lipinski definition) is 1. The Hall–Kier alpha value is -3.48. The number of carboxylic acid groups (broad SMARTS) is 1. The van der Waals surface area contributed by atoms with Gasteiger partial charge in [0.1, 0.15) is 18.7 Å². The van der Waals surface area contributed by atoms with Gasteiger partial charge in [-0.3, -0.25) is 4.79 Å². The molecule has 0 radical (unpaired) electrons. The number of likely N-dealkylation sites (N-methyl/N-ethyl adjacent to an activating group) is 1. The molecule has 1 amide bonds. The van der Waals surface area contributed by atoms with Gasteiger partial charge in [-0.15, -0.1) is 0 Å². The van der Waals surface area contributed by atoms with E-state index < -0.39 is 12.0 Å². The van der Waals surface area contributed by atoms with E-state index in [0.29, 0.717) is 5.56 Å². The lowest BCUT2D eigenvalue weighted by Crippen LogP contribution is -2.43. The molecule has 3 rings (SSSR count). The first-order chi connectivity index (χ1) is 13.3. The van der Waals surface area contributed by atoms with Gasteiger partial charge in [-0.1, -0.05) is 29.3 Å². The number of amides is 1. The lowest BCUT2D eigenvalue weighted by atomic mass is 10.0. The van der Waals surface area contributed by atoms with Crippen molar-refractivity contribution in [1.82, 2.24) is 19.7 Å². The smallest absolute Gasteiger partial charge is 0.326 e. The highest BCUT2D eigenvalue weighted by atomic mass is 16.4. The fourth-order valence-electron chi connectivity index (χ4n) is 3.18. The summed E-state index contributed by atoms with van der Waals surface area (Å²) in [6, 6.07) is 11.9. The molecule has 0 aliphatic carbocycles. The molecular formula is C21H22N4O3. The van der Waals surface area contributed by atoms with Gasteiger partial charge < -0.3 is 10.0 Å². The van der Waals surface area contributed by atoms with Crippen LogP contribution < -0.4 is 0 Å². The summed E-state index contributed by atoms with van der Waals surface area (Å²) in [5, 5.41) is 13.8. The van der Waals surface area contributed by atoms with Crippen molar-refractivity contribution >= 4 is 11.9 Å². The second-order valence-corrected chi connectivity index (χ2v) is 6.86. The van der Waals surface area contributed by atoms with Crippen molar-refractivity contribution in [3.05, 3.63) is 77.4 Å². The predicted molar refractivity (Wildman–Crippen MR) is 104 cm³/mol. The van der Waals surface area contributed by atoms with Gasteiger partial charge in [0.05, 0.1) is 5.69 Å². The van der Waals surface area contributed by atoms with Crippen LogP contribution in [0.5, 0.6) is 0 Å². The van der Waals surface area contributed by atoms with Gasteiger partial charge in [-0.05, 0) is 43.7 Å². The van der Waals surface area contributed by atoms with Gasteiger partial charge in [0.2, 0.25) is 0 Å². The number of aliphatic carboxylic acids is 1. The maximum atomic E-state index is 12.8. The van der Waals surface area contributed by atoms with Crippen LogP contribution in [0.1, 0.15) is 27.0 Å². The Morgan fingerprint density at radius 2 is 1.75 bits per heavy atom. The summed E-state index contributed by atoms with van der Waals surface area (Å²) in [5.74, 6) is -1.35. The number of hydrogen-bond acceptors (Lipinski definition) is 4. The van der Waals surface area contributed by atoms with Gasteiger partial charge in [-0.2, -0.15) is 5.10 Å². The van der Waals surface area contributed by atoms with Crippen LogP contribution in [0.3, 0.4) is 0 Å². The van der Waals surface area contributed by atoms with Crippen molar-refractivity contribution in [1.29, 1.82) is 0 Å². The third-order valence-electron chi connectivity index (χ3n) is 4.59. The third-order valence-corrected chi connectivity index (χ3v) is 4.59. The minimum Gasteiger partial charge on any atom is -0.480 e. The number of carboxylic acids is 1. The van der Waals surface area contributed by atoms with Crippen LogP contribution in [0.4, 0.5) is 0 Å². The summed E-state index contributed by atoms with van der Waals surface area (Å²) >= 11 is 0. The molecule has 1 heterocycles. The maximum absolute atomic E-state index is 12.8. The Kier molecular flexibility index (Phi) is 5.54. The molecule has 1 atom stereocenters. The van der Waals surface area contributed by atoms with E-state index in [1.807, 2.05) is 44.2 Å². The van der Waals surface area contributed by atoms with E-state index in [4.69, 9.17) is 0 Å². The van der Waals surface area contributed by atoms with Gasteiger partial charge in [0.25, 0.3) is 5.91 Å². The van der Waals surface area contributed by atoms with E-state index in [0.717, 1.165) is 22.4 Å². The molecule has 0 aliphatic heterocycles. The van der Waals surface area contributed by atoms with Gasteiger partial charge >= 0.3 is 5.97 Å². The molecule has 0 saturated heterocycles. The predicted octanol–water partition coefficient (Wildman–Crippen LogP) is 2.65. The molecule has 0 aliphatic rings. The van der Waals surface area contributed by atoms with E-state index in [9.17, 15) is 14.7 Å². The topological polar surface area (TPSA) is 88.3 Å². The first-order valence-corrected chi connectivity index (χ1v) is 8.87. The Morgan fingerprint density at radius 1 is 1.11 bits per heavy atom. The summed E-state index contributed by atoms with van der Waals surface area (Å²) in [6.45, 7) is 3.82. The van der Waals surface area contributed by atoms with Crippen LogP contribution in [0, 0.1) is 13.8 Å². The summed E-state index contributed by atoms with van der Waals surface area (Å²) in [5.41, 5.74) is 4.07. The number of carbonyl (C=O) groups is 2. The molecule has 0 saturated carbocycles. The van der Waals surface area contributed by atoms with Crippen molar-refractivity contribution in [2.45, 2.75) is 26.3 Å². The summed E-state index contributed by atoms with van der Waals surface area (Å²) in [4.78, 5) is 29.9. The second-order valence-electron chi connectivity index (χ2n) is 6.86.